The zero-order valence-electron chi connectivity index (χ0n) is 16.8. The van der Waals surface area contributed by atoms with Gasteiger partial charge in [-0.3, -0.25) is 4.79 Å². The van der Waals surface area contributed by atoms with Crippen molar-refractivity contribution in [3.63, 3.8) is 0 Å². The normalized spacial score (nSPS) is 19.9. The van der Waals surface area contributed by atoms with Gasteiger partial charge in [0.25, 0.3) is 5.56 Å². The van der Waals surface area contributed by atoms with E-state index in [1.807, 2.05) is 18.2 Å². The van der Waals surface area contributed by atoms with E-state index < -0.39 is 11.8 Å². The molecule has 0 spiro atoms. The maximum absolute atomic E-state index is 15.5. The third-order valence-corrected chi connectivity index (χ3v) is 6.22. The average molecular weight is 407 g/mol. The minimum absolute atomic E-state index is 0.188. The molecule has 1 atom stereocenters. The molecular weight excluding hydrogens is 384 g/mol. The van der Waals surface area contributed by atoms with Crippen LogP contribution in [0, 0.1) is 0 Å². The number of benzene rings is 1. The fourth-order valence-corrected chi connectivity index (χ4v) is 4.76. The molecule has 0 saturated carbocycles. The number of aryl methyl sites for hydroxylation is 2. The van der Waals surface area contributed by atoms with Gasteiger partial charge in [-0.1, -0.05) is 30.3 Å². The number of pyridine rings is 1. The molecule has 1 aliphatic carbocycles. The fourth-order valence-electron chi connectivity index (χ4n) is 4.76. The number of fused-ring (bicyclic) bond motifs is 2. The molecule has 3 heterocycles. The summed E-state index contributed by atoms with van der Waals surface area (Å²) in [6, 6.07) is 11.5. The first kappa shape index (κ1) is 18.9. The Morgan fingerprint density at radius 2 is 1.97 bits per heavy atom. The molecule has 30 heavy (non-hydrogen) atoms. The van der Waals surface area contributed by atoms with Crippen LogP contribution in [0.3, 0.4) is 0 Å². The molecule has 154 valence electrons. The van der Waals surface area contributed by atoms with Gasteiger partial charge >= 0.3 is 0 Å². The SMILES string of the molecule is Cn1ccc2c(c1=O)C1=C3C(=C(F)N(CCCc4ccccc4)C3CCN1)C=C2F. The van der Waals surface area contributed by atoms with Crippen LogP contribution in [0.4, 0.5) is 8.78 Å². The highest BCUT2D eigenvalue weighted by atomic mass is 19.1. The largest absolute Gasteiger partial charge is 0.384 e. The zero-order valence-corrected chi connectivity index (χ0v) is 16.8. The Kier molecular flexibility index (Phi) is 4.57. The van der Waals surface area contributed by atoms with Crippen LogP contribution in [0.5, 0.6) is 0 Å². The first-order valence-electron chi connectivity index (χ1n) is 10.3. The van der Waals surface area contributed by atoms with Gasteiger partial charge in [0.15, 0.2) is 5.95 Å². The topological polar surface area (TPSA) is 37.3 Å². The minimum Gasteiger partial charge on any atom is -0.384 e. The van der Waals surface area contributed by atoms with Crippen molar-refractivity contribution in [2.45, 2.75) is 25.3 Å². The van der Waals surface area contributed by atoms with E-state index >= 15 is 8.78 Å². The summed E-state index contributed by atoms with van der Waals surface area (Å²) >= 11 is 0. The predicted molar refractivity (Wildman–Crippen MR) is 114 cm³/mol. The molecule has 1 unspecified atom stereocenters. The van der Waals surface area contributed by atoms with E-state index in [0.717, 1.165) is 12.8 Å². The summed E-state index contributed by atoms with van der Waals surface area (Å²) in [5, 5.41) is 3.27. The van der Waals surface area contributed by atoms with E-state index in [9.17, 15) is 4.79 Å². The van der Waals surface area contributed by atoms with Crippen molar-refractivity contribution >= 4 is 11.5 Å². The van der Waals surface area contributed by atoms with Crippen molar-refractivity contribution in [3.05, 3.63) is 92.8 Å². The van der Waals surface area contributed by atoms with E-state index in [1.54, 1.807) is 24.2 Å². The van der Waals surface area contributed by atoms with Crippen molar-refractivity contribution in [1.82, 2.24) is 14.8 Å². The summed E-state index contributed by atoms with van der Waals surface area (Å²) in [7, 11) is 1.64. The van der Waals surface area contributed by atoms with Gasteiger partial charge in [-0.2, -0.15) is 4.39 Å². The van der Waals surface area contributed by atoms with Gasteiger partial charge in [-0.15, -0.1) is 0 Å². The lowest BCUT2D eigenvalue weighted by Crippen LogP contribution is -2.39. The molecule has 0 fully saturated rings. The second-order valence-electron chi connectivity index (χ2n) is 8.02. The smallest absolute Gasteiger partial charge is 0.260 e. The lowest BCUT2D eigenvalue weighted by atomic mass is 9.92. The van der Waals surface area contributed by atoms with Gasteiger partial charge in [-0.25, -0.2) is 4.39 Å². The molecule has 4 nitrogen and oxygen atoms in total. The predicted octanol–water partition coefficient (Wildman–Crippen LogP) is 3.91. The molecule has 3 aliphatic rings. The van der Waals surface area contributed by atoms with E-state index in [-0.39, 0.29) is 22.7 Å². The Morgan fingerprint density at radius 3 is 2.77 bits per heavy atom. The molecule has 5 rings (SSSR count). The van der Waals surface area contributed by atoms with Crippen molar-refractivity contribution in [2.75, 3.05) is 13.1 Å². The number of rotatable bonds is 4. The third-order valence-electron chi connectivity index (χ3n) is 6.22. The number of hydrogen-bond acceptors (Lipinski definition) is 3. The molecule has 6 heteroatoms. The lowest BCUT2D eigenvalue weighted by Gasteiger charge is -2.32. The highest BCUT2D eigenvalue weighted by Crippen LogP contribution is 2.45. The molecule has 0 bridgehead atoms. The van der Waals surface area contributed by atoms with Gasteiger partial charge in [-0.05, 0) is 37.0 Å². The van der Waals surface area contributed by atoms with Gasteiger partial charge in [0.1, 0.15) is 5.83 Å². The Bertz CT molecular complexity index is 1160. The quantitative estimate of drug-likeness (QED) is 0.781. The number of nitrogens with zero attached hydrogens (tertiary/aromatic N) is 2. The number of aromatic nitrogens is 1. The first-order chi connectivity index (χ1) is 14.6. The van der Waals surface area contributed by atoms with E-state index in [0.29, 0.717) is 36.3 Å². The molecule has 0 radical (unpaired) electrons. The fraction of sp³-hybridized carbons (Fsp3) is 0.292. The number of nitrogens with one attached hydrogen (secondary N) is 1. The summed E-state index contributed by atoms with van der Waals surface area (Å²) in [4.78, 5) is 14.6. The summed E-state index contributed by atoms with van der Waals surface area (Å²) in [5.74, 6) is -0.974. The van der Waals surface area contributed by atoms with Gasteiger partial charge < -0.3 is 14.8 Å². The number of hydrogen-bond donors (Lipinski definition) is 1. The van der Waals surface area contributed by atoms with E-state index in [2.05, 4.69) is 17.4 Å². The minimum atomic E-state index is -0.575. The van der Waals surface area contributed by atoms with Crippen molar-refractivity contribution in [2.24, 2.45) is 7.05 Å². The molecule has 0 saturated heterocycles. The Hall–Kier alpha value is -3.15. The Labute approximate surface area is 173 Å². The monoisotopic (exact) mass is 407 g/mol. The van der Waals surface area contributed by atoms with Crippen LogP contribution in [-0.2, 0) is 13.5 Å². The molecule has 2 aliphatic heterocycles. The summed E-state index contributed by atoms with van der Waals surface area (Å²) in [6.45, 7) is 1.15. The zero-order chi connectivity index (χ0) is 20.8. The first-order valence-corrected chi connectivity index (χ1v) is 10.3. The van der Waals surface area contributed by atoms with Crippen LogP contribution in [0.25, 0.3) is 11.5 Å². The van der Waals surface area contributed by atoms with Crippen LogP contribution >= 0.6 is 0 Å². The maximum atomic E-state index is 15.5. The van der Waals surface area contributed by atoms with E-state index in [4.69, 9.17) is 0 Å². The molecule has 1 aromatic heterocycles. The van der Waals surface area contributed by atoms with Gasteiger partial charge in [0, 0.05) is 43.0 Å². The van der Waals surface area contributed by atoms with Crippen LogP contribution in [0.15, 0.2) is 70.6 Å². The number of halogens is 2. The van der Waals surface area contributed by atoms with Crippen molar-refractivity contribution < 1.29 is 8.78 Å². The molecule has 1 aromatic carbocycles. The van der Waals surface area contributed by atoms with Crippen LogP contribution < -0.4 is 10.9 Å². The van der Waals surface area contributed by atoms with Crippen molar-refractivity contribution in [3.8, 4) is 0 Å². The summed E-state index contributed by atoms with van der Waals surface area (Å²) in [6.07, 6.45) is 5.15. The average Bonchev–Trinajstić information content (AvgIpc) is 2.94. The summed E-state index contributed by atoms with van der Waals surface area (Å²) in [5.41, 5.74) is 2.99. The molecule has 1 N–H and O–H groups in total. The van der Waals surface area contributed by atoms with Crippen LogP contribution in [-0.4, -0.2) is 28.6 Å². The Morgan fingerprint density at radius 1 is 1.17 bits per heavy atom. The maximum Gasteiger partial charge on any atom is 0.260 e. The van der Waals surface area contributed by atoms with Crippen LogP contribution in [0.2, 0.25) is 0 Å². The third kappa shape index (κ3) is 2.90. The standard InChI is InChI=1S/C24H23F2N3O/c1-28-13-10-16-18(25)14-17-20-19(9-11-27-22(20)21(16)24(28)30)29(23(17)26)12-5-8-15-6-3-2-4-7-15/h2-4,6-7,10,13-14,19,27H,5,8-9,11-12H2,1H3. The highest BCUT2D eigenvalue weighted by molar-refractivity contribution is 5.86. The van der Waals surface area contributed by atoms with Gasteiger partial charge in [0.05, 0.1) is 17.3 Å². The molecular formula is C24H23F2N3O. The number of allylic oxidation sites excluding steroid dienone is 1. The lowest BCUT2D eigenvalue weighted by molar-refractivity contribution is 0.229. The second-order valence-corrected chi connectivity index (χ2v) is 8.02. The van der Waals surface area contributed by atoms with E-state index in [1.165, 1.54) is 16.2 Å². The molecule has 2 aromatic rings. The molecule has 0 amide bonds. The summed E-state index contributed by atoms with van der Waals surface area (Å²) < 4.78 is 32.0. The Balaban J connectivity index is 1.54. The van der Waals surface area contributed by atoms with Crippen LogP contribution in [0.1, 0.15) is 29.5 Å². The van der Waals surface area contributed by atoms with Crippen molar-refractivity contribution in [1.29, 1.82) is 0 Å². The highest BCUT2D eigenvalue weighted by Gasteiger charge is 2.42. The van der Waals surface area contributed by atoms with Gasteiger partial charge in [0.2, 0.25) is 0 Å². The second kappa shape index (κ2) is 7.27.